The molecule has 0 saturated heterocycles. The molecule has 4 heteroatoms. The Morgan fingerprint density at radius 2 is 1.96 bits per heavy atom. The smallest absolute Gasteiger partial charge is 0.302 e. The van der Waals surface area contributed by atoms with Gasteiger partial charge in [-0.2, -0.15) is 0 Å². The number of fused-ring (bicyclic) bond motifs is 5. The Balaban J connectivity index is 1.78. The minimum Gasteiger partial charge on any atom is -0.465 e. The molecule has 4 nitrogen and oxygen atoms in total. The summed E-state index contributed by atoms with van der Waals surface area (Å²) in [7, 11) is 0. The van der Waals surface area contributed by atoms with Gasteiger partial charge in [-0.25, -0.2) is 0 Å². The van der Waals surface area contributed by atoms with Crippen molar-refractivity contribution in [2.24, 2.45) is 40.4 Å². The van der Waals surface area contributed by atoms with E-state index in [4.69, 9.17) is 4.74 Å². The van der Waals surface area contributed by atoms with E-state index in [1.807, 2.05) is 6.08 Å². The highest BCUT2D eigenvalue weighted by molar-refractivity contribution is 5.92. The van der Waals surface area contributed by atoms with Crippen LogP contribution in [0.3, 0.4) is 0 Å². The summed E-state index contributed by atoms with van der Waals surface area (Å²) in [6.45, 7) is 8.68. The lowest BCUT2D eigenvalue weighted by atomic mass is 9.43. The zero-order valence-corrected chi connectivity index (χ0v) is 17.2. The fourth-order valence-electron chi connectivity index (χ4n) is 7.65. The summed E-state index contributed by atoms with van der Waals surface area (Å²) >= 11 is 0. The van der Waals surface area contributed by atoms with E-state index in [2.05, 4.69) is 20.8 Å². The molecule has 27 heavy (non-hydrogen) atoms. The number of esters is 1. The van der Waals surface area contributed by atoms with Gasteiger partial charge in [0.2, 0.25) is 0 Å². The molecule has 0 radical (unpaired) electrons. The van der Waals surface area contributed by atoms with Crippen molar-refractivity contribution in [1.29, 1.82) is 0 Å². The Bertz CT molecular complexity index is 682. The highest BCUT2D eigenvalue weighted by Crippen LogP contribution is 2.67. The number of ether oxygens (including phenoxy) is 1. The second-order valence-corrected chi connectivity index (χ2v) is 10.2. The van der Waals surface area contributed by atoms with E-state index in [-0.39, 0.29) is 34.6 Å². The third-order valence-corrected chi connectivity index (χ3v) is 8.98. The number of ketones is 1. The molecule has 0 unspecified atom stereocenters. The number of aliphatic hydroxyl groups excluding tert-OH is 1. The van der Waals surface area contributed by atoms with E-state index in [1.165, 1.54) is 12.5 Å². The third-order valence-electron chi connectivity index (χ3n) is 8.98. The lowest BCUT2D eigenvalue weighted by Gasteiger charge is -2.62. The van der Waals surface area contributed by atoms with Gasteiger partial charge in [0.15, 0.2) is 5.78 Å². The molecule has 1 N–H and O–H groups in total. The molecular formula is C23H34O4. The zero-order valence-electron chi connectivity index (χ0n) is 17.2. The molecule has 0 heterocycles. The maximum absolute atomic E-state index is 12.3. The average molecular weight is 375 g/mol. The monoisotopic (exact) mass is 374 g/mol. The summed E-state index contributed by atoms with van der Waals surface area (Å²) < 4.78 is 5.65. The second kappa shape index (κ2) is 6.43. The van der Waals surface area contributed by atoms with Gasteiger partial charge in [-0.15, -0.1) is 0 Å². The maximum atomic E-state index is 12.3. The number of carbonyl (C=O) groups excluding carboxylic acids is 2. The van der Waals surface area contributed by atoms with Gasteiger partial charge >= 0.3 is 5.97 Å². The minimum atomic E-state index is -0.236. The molecule has 0 aromatic carbocycles. The van der Waals surface area contributed by atoms with Crippen molar-refractivity contribution >= 4 is 11.8 Å². The Morgan fingerprint density at radius 3 is 2.67 bits per heavy atom. The van der Waals surface area contributed by atoms with Gasteiger partial charge in [-0.3, -0.25) is 9.59 Å². The number of carbonyl (C=O) groups is 2. The van der Waals surface area contributed by atoms with Crippen LogP contribution in [0.1, 0.15) is 66.2 Å². The van der Waals surface area contributed by atoms with E-state index in [9.17, 15) is 14.7 Å². The van der Waals surface area contributed by atoms with Gasteiger partial charge in [0.05, 0.1) is 6.10 Å². The first-order chi connectivity index (χ1) is 12.7. The predicted octanol–water partition coefficient (Wildman–Crippen LogP) is 3.91. The van der Waals surface area contributed by atoms with Crippen molar-refractivity contribution in [3.63, 3.8) is 0 Å². The zero-order chi connectivity index (χ0) is 19.6. The van der Waals surface area contributed by atoms with Gasteiger partial charge < -0.3 is 9.84 Å². The molecule has 0 aromatic heterocycles. The van der Waals surface area contributed by atoms with Crippen LogP contribution in [-0.2, 0) is 14.3 Å². The van der Waals surface area contributed by atoms with Crippen LogP contribution in [0.15, 0.2) is 11.6 Å². The molecule has 3 fully saturated rings. The topological polar surface area (TPSA) is 63.6 Å². The summed E-state index contributed by atoms with van der Waals surface area (Å²) in [5, 5.41) is 10.7. The van der Waals surface area contributed by atoms with Crippen LogP contribution in [0.5, 0.6) is 0 Å². The average Bonchev–Trinajstić information content (AvgIpc) is 2.89. The van der Waals surface area contributed by atoms with Crippen molar-refractivity contribution < 1.29 is 19.4 Å². The van der Waals surface area contributed by atoms with Gasteiger partial charge in [0.1, 0.15) is 6.61 Å². The molecule has 0 aliphatic heterocycles. The molecule has 8 atom stereocenters. The van der Waals surface area contributed by atoms with E-state index in [0.717, 1.165) is 32.1 Å². The highest BCUT2D eigenvalue weighted by atomic mass is 16.5. The van der Waals surface area contributed by atoms with E-state index in [1.54, 1.807) is 0 Å². The lowest BCUT2D eigenvalue weighted by Crippen LogP contribution is -2.58. The molecule has 0 aromatic rings. The van der Waals surface area contributed by atoms with Crippen LogP contribution in [-0.4, -0.2) is 29.6 Å². The number of rotatable bonds is 2. The van der Waals surface area contributed by atoms with Crippen molar-refractivity contribution in [3.05, 3.63) is 11.6 Å². The molecule has 4 rings (SSSR count). The number of hydrogen-bond acceptors (Lipinski definition) is 4. The van der Waals surface area contributed by atoms with Crippen LogP contribution in [0.25, 0.3) is 0 Å². The summed E-state index contributed by atoms with van der Waals surface area (Å²) in [5.74, 6) is 2.17. The Hall–Kier alpha value is -1.16. The molecule has 150 valence electrons. The fraction of sp³-hybridized carbons (Fsp3) is 0.826. The van der Waals surface area contributed by atoms with Gasteiger partial charge in [-0.05, 0) is 73.2 Å². The summed E-state index contributed by atoms with van der Waals surface area (Å²) in [5.41, 5.74) is 1.04. The normalized spacial score (nSPS) is 48.9. The third kappa shape index (κ3) is 2.66. The number of hydrogen-bond donors (Lipinski definition) is 1. The van der Waals surface area contributed by atoms with Crippen LogP contribution >= 0.6 is 0 Å². The van der Waals surface area contributed by atoms with Crippen LogP contribution < -0.4 is 0 Å². The standard InChI is InChI=1S/C23H34O4/c1-13-9-16-11-17(25)10-14(2)23(16,12-27-15(3)24)19-7-8-22(4)18(21(13)19)5-6-20(22)26/h11,13-14,18-21,26H,5-10,12H2,1-4H3/t13-,14+,18+,19+,20+,21+,22+,23+/m1/s1. The van der Waals surface area contributed by atoms with Crippen LogP contribution in [0.2, 0.25) is 0 Å². The maximum Gasteiger partial charge on any atom is 0.302 e. The van der Waals surface area contributed by atoms with Gasteiger partial charge in [-0.1, -0.05) is 26.3 Å². The molecule has 0 bridgehead atoms. The molecule has 4 aliphatic rings. The van der Waals surface area contributed by atoms with Crippen LogP contribution in [0, 0.1) is 40.4 Å². The molecule has 0 spiro atoms. The van der Waals surface area contributed by atoms with Gasteiger partial charge in [0.25, 0.3) is 0 Å². The summed E-state index contributed by atoms with van der Waals surface area (Å²) in [6.07, 6.45) is 7.24. The van der Waals surface area contributed by atoms with Crippen molar-refractivity contribution in [1.82, 2.24) is 0 Å². The lowest BCUT2D eigenvalue weighted by molar-refractivity contribution is -0.158. The number of aliphatic hydroxyl groups is 1. The van der Waals surface area contributed by atoms with Crippen LogP contribution in [0.4, 0.5) is 0 Å². The van der Waals surface area contributed by atoms with Crippen molar-refractivity contribution in [2.45, 2.75) is 72.3 Å². The van der Waals surface area contributed by atoms with E-state index in [0.29, 0.717) is 36.7 Å². The van der Waals surface area contributed by atoms with Crippen molar-refractivity contribution in [3.8, 4) is 0 Å². The minimum absolute atomic E-state index is 0.0208. The first-order valence-electron chi connectivity index (χ1n) is 10.8. The molecular weight excluding hydrogens is 340 g/mol. The van der Waals surface area contributed by atoms with Crippen molar-refractivity contribution in [2.75, 3.05) is 6.61 Å². The second-order valence-electron chi connectivity index (χ2n) is 10.2. The van der Waals surface area contributed by atoms with E-state index < -0.39 is 0 Å². The predicted molar refractivity (Wildman–Crippen MR) is 103 cm³/mol. The highest BCUT2D eigenvalue weighted by Gasteiger charge is 2.63. The fourth-order valence-corrected chi connectivity index (χ4v) is 7.65. The van der Waals surface area contributed by atoms with Gasteiger partial charge in [0, 0.05) is 18.8 Å². The first-order valence-corrected chi connectivity index (χ1v) is 10.8. The summed E-state index contributed by atoms with van der Waals surface area (Å²) in [6, 6.07) is 0. The molecule has 3 saturated carbocycles. The molecule has 0 amide bonds. The largest absolute Gasteiger partial charge is 0.465 e. The molecule has 4 aliphatic carbocycles. The quantitative estimate of drug-likeness (QED) is 0.744. The Labute approximate surface area is 162 Å². The first kappa shape index (κ1) is 19.2. The summed E-state index contributed by atoms with van der Waals surface area (Å²) in [4.78, 5) is 24.0. The SMILES string of the molecule is CC(=O)OC[C@@]12C(=CC(=O)C[C@@H]1C)C[C@@H](C)[C@H]1[C@@H]3CC[C@H](O)[C@@]3(C)CC[C@@H]12. The Kier molecular flexibility index (Phi) is 4.57. The van der Waals surface area contributed by atoms with E-state index >= 15 is 0 Å². The Morgan fingerprint density at radius 1 is 1.22 bits per heavy atom.